The first-order valence-corrected chi connectivity index (χ1v) is 10.4. The Bertz CT molecular complexity index is 919. The third-order valence-electron chi connectivity index (χ3n) is 5.75. The van der Waals surface area contributed by atoms with Crippen molar-refractivity contribution in [3.05, 3.63) is 66.2 Å². The standard InChI is InChI=1S/C23H27N5O/c1-16(21-26-22(28-27-21)19-13-8-14-24-15-19)25-23(29)20(17-9-4-2-5-10-17)18-11-6-3-7-12-18/h2,4-5,8-10,13-16,18,20H,3,6-7,11-12H2,1H3,(H,25,29)(H,26,27,28)/t16-,20-/m1/s1. The van der Waals surface area contributed by atoms with Gasteiger partial charge in [-0.25, -0.2) is 4.98 Å². The molecule has 2 N–H and O–H groups in total. The summed E-state index contributed by atoms with van der Waals surface area (Å²) in [6.45, 7) is 1.94. The molecule has 6 heteroatoms. The van der Waals surface area contributed by atoms with Crippen LogP contribution in [0.2, 0.25) is 0 Å². The van der Waals surface area contributed by atoms with Crippen LogP contribution in [0.15, 0.2) is 54.9 Å². The van der Waals surface area contributed by atoms with Gasteiger partial charge >= 0.3 is 0 Å². The van der Waals surface area contributed by atoms with Crippen molar-refractivity contribution in [3.63, 3.8) is 0 Å². The number of rotatable bonds is 6. The van der Waals surface area contributed by atoms with Crippen molar-refractivity contribution in [2.75, 3.05) is 0 Å². The predicted octanol–water partition coefficient (Wildman–Crippen LogP) is 4.41. The predicted molar refractivity (Wildman–Crippen MR) is 112 cm³/mol. The van der Waals surface area contributed by atoms with E-state index in [1.165, 1.54) is 19.3 Å². The number of nitrogens with zero attached hydrogens (tertiary/aromatic N) is 3. The SMILES string of the molecule is C[C@@H](NC(=O)[C@H](c1ccccc1)C1CCCCC1)c1nc(-c2cccnc2)n[nH]1. The fraction of sp³-hybridized carbons (Fsp3) is 0.391. The number of carbonyl (C=O) groups is 1. The average molecular weight is 390 g/mol. The van der Waals surface area contributed by atoms with E-state index in [1.54, 1.807) is 12.4 Å². The van der Waals surface area contributed by atoms with E-state index in [0.717, 1.165) is 24.0 Å². The van der Waals surface area contributed by atoms with Gasteiger partial charge in [0.1, 0.15) is 5.82 Å². The molecule has 29 heavy (non-hydrogen) atoms. The van der Waals surface area contributed by atoms with Crippen molar-refractivity contribution in [3.8, 4) is 11.4 Å². The second-order valence-corrected chi connectivity index (χ2v) is 7.80. The van der Waals surface area contributed by atoms with E-state index >= 15 is 0 Å². The second-order valence-electron chi connectivity index (χ2n) is 7.80. The zero-order chi connectivity index (χ0) is 20.1. The van der Waals surface area contributed by atoms with E-state index in [1.807, 2.05) is 37.3 Å². The highest BCUT2D eigenvalue weighted by atomic mass is 16.2. The lowest BCUT2D eigenvalue weighted by atomic mass is 9.76. The number of carbonyl (C=O) groups excluding carboxylic acids is 1. The van der Waals surface area contributed by atoms with Crippen LogP contribution in [0.1, 0.15) is 62.4 Å². The number of aromatic nitrogens is 4. The molecule has 150 valence electrons. The van der Waals surface area contributed by atoms with E-state index in [4.69, 9.17) is 0 Å². The number of nitrogens with one attached hydrogen (secondary N) is 2. The van der Waals surface area contributed by atoms with Crippen LogP contribution in [0.25, 0.3) is 11.4 Å². The molecule has 0 spiro atoms. The Labute approximate surface area is 171 Å². The van der Waals surface area contributed by atoms with Crippen LogP contribution >= 0.6 is 0 Å². The number of amides is 1. The van der Waals surface area contributed by atoms with Crippen molar-refractivity contribution < 1.29 is 4.79 Å². The zero-order valence-electron chi connectivity index (χ0n) is 16.7. The molecule has 1 aliphatic rings. The molecular weight excluding hydrogens is 362 g/mol. The Hall–Kier alpha value is -3.02. The Balaban J connectivity index is 1.50. The number of pyridine rings is 1. The molecule has 1 fully saturated rings. The lowest BCUT2D eigenvalue weighted by Crippen LogP contribution is -2.36. The minimum absolute atomic E-state index is 0.0647. The first-order valence-electron chi connectivity index (χ1n) is 10.4. The highest BCUT2D eigenvalue weighted by molar-refractivity contribution is 5.84. The van der Waals surface area contributed by atoms with Crippen LogP contribution < -0.4 is 5.32 Å². The Morgan fingerprint density at radius 2 is 1.90 bits per heavy atom. The lowest BCUT2D eigenvalue weighted by molar-refractivity contribution is -0.124. The molecule has 0 aliphatic heterocycles. The molecule has 2 heterocycles. The third kappa shape index (κ3) is 4.53. The van der Waals surface area contributed by atoms with E-state index < -0.39 is 0 Å². The van der Waals surface area contributed by atoms with Gasteiger partial charge in [0.2, 0.25) is 5.91 Å². The van der Waals surface area contributed by atoms with Gasteiger partial charge in [-0.2, -0.15) is 5.10 Å². The van der Waals surface area contributed by atoms with Crippen molar-refractivity contribution in [1.29, 1.82) is 0 Å². The van der Waals surface area contributed by atoms with E-state index in [0.29, 0.717) is 17.6 Å². The maximum atomic E-state index is 13.3. The van der Waals surface area contributed by atoms with Crippen molar-refractivity contribution in [2.24, 2.45) is 5.92 Å². The summed E-state index contributed by atoms with van der Waals surface area (Å²) in [5.74, 6) is 1.56. The molecule has 1 aromatic carbocycles. The maximum Gasteiger partial charge on any atom is 0.228 e. The minimum atomic E-state index is -0.254. The van der Waals surface area contributed by atoms with Crippen LogP contribution in [0.5, 0.6) is 0 Å². The molecule has 3 aromatic rings. The van der Waals surface area contributed by atoms with Crippen LogP contribution in [0.4, 0.5) is 0 Å². The number of H-pyrrole nitrogens is 1. The number of benzene rings is 1. The third-order valence-corrected chi connectivity index (χ3v) is 5.75. The molecule has 2 atom stereocenters. The van der Waals surface area contributed by atoms with Crippen LogP contribution in [-0.2, 0) is 4.79 Å². The van der Waals surface area contributed by atoms with Gasteiger partial charge in [-0.3, -0.25) is 14.9 Å². The summed E-state index contributed by atoms with van der Waals surface area (Å²) in [6.07, 6.45) is 9.33. The van der Waals surface area contributed by atoms with Crippen molar-refractivity contribution >= 4 is 5.91 Å². The summed E-state index contributed by atoms with van der Waals surface area (Å²) in [5.41, 5.74) is 1.94. The van der Waals surface area contributed by atoms with Gasteiger partial charge in [0, 0.05) is 18.0 Å². The normalized spacial score (nSPS) is 16.9. The smallest absolute Gasteiger partial charge is 0.228 e. The monoisotopic (exact) mass is 389 g/mol. The topological polar surface area (TPSA) is 83.6 Å². The van der Waals surface area contributed by atoms with E-state index in [-0.39, 0.29) is 17.9 Å². The summed E-state index contributed by atoms with van der Waals surface area (Å²) in [6, 6.07) is 13.7. The van der Waals surface area contributed by atoms with Gasteiger partial charge < -0.3 is 5.32 Å². The summed E-state index contributed by atoms with van der Waals surface area (Å²) in [7, 11) is 0. The summed E-state index contributed by atoms with van der Waals surface area (Å²) in [4.78, 5) is 22.0. The molecule has 0 unspecified atom stereocenters. The molecule has 1 aliphatic carbocycles. The number of aromatic amines is 1. The average Bonchev–Trinajstić information content (AvgIpc) is 3.27. The number of hydrogen-bond donors (Lipinski definition) is 2. The quantitative estimate of drug-likeness (QED) is 0.654. The Morgan fingerprint density at radius 1 is 1.10 bits per heavy atom. The molecule has 0 radical (unpaired) electrons. The highest BCUT2D eigenvalue weighted by Crippen LogP contribution is 2.36. The van der Waals surface area contributed by atoms with Gasteiger partial charge in [0.05, 0.1) is 12.0 Å². The van der Waals surface area contributed by atoms with E-state index in [9.17, 15) is 4.79 Å². The van der Waals surface area contributed by atoms with Gasteiger partial charge in [-0.05, 0) is 43.4 Å². The molecular formula is C23H27N5O. The summed E-state index contributed by atoms with van der Waals surface area (Å²) >= 11 is 0. The first-order chi connectivity index (χ1) is 14.2. The van der Waals surface area contributed by atoms with E-state index in [2.05, 4.69) is 37.6 Å². The van der Waals surface area contributed by atoms with Crippen LogP contribution in [-0.4, -0.2) is 26.1 Å². The molecule has 0 bridgehead atoms. The molecule has 6 nitrogen and oxygen atoms in total. The molecule has 0 saturated heterocycles. The fourth-order valence-electron chi connectivity index (χ4n) is 4.23. The van der Waals surface area contributed by atoms with Crippen LogP contribution in [0.3, 0.4) is 0 Å². The zero-order valence-corrected chi connectivity index (χ0v) is 16.7. The fourth-order valence-corrected chi connectivity index (χ4v) is 4.23. The molecule has 1 saturated carbocycles. The van der Waals surface area contributed by atoms with Gasteiger partial charge in [0.25, 0.3) is 0 Å². The van der Waals surface area contributed by atoms with Crippen LogP contribution in [0, 0.1) is 5.92 Å². The van der Waals surface area contributed by atoms with Gasteiger partial charge in [-0.15, -0.1) is 0 Å². The van der Waals surface area contributed by atoms with Gasteiger partial charge in [-0.1, -0.05) is 49.6 Å². The Kier molecular flexibility index (Phi) is 5.98. The highest BCUT2D eigenvalue weighted by Gasteiger charge is 2.32. The van der Waals surface area contributed by atoms with Crippen molar-refractivity contribution in [2.45, 2.75) is 51.0 Å². The summed E-state index contributed by atoms with van der Waals surface area (Å²) in [5, 5.41) is 10.4. The maximum absolute atomic E-state index is 13.3. The minimum Gasteiger partial charge on any atom is -0.346 e. The second kappa shape index (κ2) is 8.99. The first kappa shape index (κ1) is 19.3. The molecule has 4 rings (SSSR count). The van der Waals surface area contributed by atoms with Gasteiger partial charge in [0.15, 0.2) is 5.82 Å². The largest absolute Gasteiger partial charge is 0.346 e. The molecule has 2 aromatic heterocycles. The molecule has 1 amide bonds. The lowest BCUT2D eigenvalue weighted by Gasteiger charge is -2.30. The Morgan fingerprint density at radius 3 is 2.62 bits per heavy atom. The summed E-state index contributed by atoms with van der Waals surface area (Å²) < 4.78 is 0. The number of hydrogen-bond acceptors (Lipinski definition) is 4. The van der Waals surface area contributed by atoms with Crippen molar-refractivity contribution in [1.82, 2.24) is 25.5 Å².